The molecular formula is C14H25N3O2. The van der Waals surface area contributed by atoms with Crippen LogP contribution in [0.2, 0.25) is 0 Å². The van der Waals surface area contributed by atoms with E-state index in [4.69, 9.17) is 15.0 Å². The number of rotatable bonds is 5. The van der Waals surface area contributed by atoms with Crippen molar-refractivity contribution in [1.29, 1.82) is 0 Å². The summed E-state index contributed by atoms with van der Waals surface area (Å²) in [6.45, 7) is 6.94. The minimum atomic E-state index is -0.373. The van der Waals surface area contributed by atoms with E-state index < -0.39 is 0 Å². The second-order valence-corrected chi connectivity index (χ2v) is 5.60. The molecule has 1 aliphatic carbocycles. The molecule has 3 atom stereocenters. The summed E-state index contributed by atoms with van der Waals surface area (Å²) in [6.07, 6.45) is 5.10. The quantitative estimate of drug-likeness (QED) is 0.887. The van der Waals surface area contributed by atoms with Gasteiger partial charge in [0.25, 0.3) is 0 Å². The average molecular weight is 267 g/mol. The zero-order valence-corrected chi connectivity index (χ0v) is 12.2. The minimum Gasteiger partial charge on any atom is -0.367 e. The van der Waals surface area contributed by atoms with Gasteiger partial charge >= 0.3 is 0 Å². The average Bonchev–Trinajstić information content (AvgIpc) is 2.88. The van der Waals surface area contributed by atoms with E-state index in [0.717, 1.165) is 25.7 Å². The molecule has 5 nitrogen and oxygen atoms in total. The standard InChI is InChI=1S/C14H25N3O2/c1-4-11(15)12-16-13(17-19-12)14(18-5-2)8-6-7-10(3)9-14/h10-11H,4-9,15H2,1-3H3/t10?,11-,14?/m0/s1. The molecule has 108 valence electrons. The third-order valence-electron chi connectivity index (χ3n) is 3.98. The van der Waals surface area contributed by atoms with Gasteiger partial charge in [-0.1, -0.05) is 25.4 Å². The zero-order valence-electron chi connectivity index (χ0n) is 12.2. The lowest BCUT2D eigenvalue weighted by Gasteiger charge is -2.37. The Bertz CT molecular complexity index is 403. The van der Waals surface area contributed by atoms with E-state index in [0.29, 0.717) is 24.2 Å². The van der Waals surface area contributed by atoms with Gasteiger partial charge in [0.1, 0.15) is 5.60 Å². The van der Waals surface area contributed by atoms with Crippen molar-refractivity contribution in [3.05, 3.63) is 11.7 Å². The highest BCUT2D eigenvalue weighted by atomic mass is 16.5. The first-order valence-corrected chi connectivity index (χ1v) is 7.35. The molecule has 1 aliphatic rings. The molecule has 1 saturated carbocycles. The second-order valence-electron chi connectivity index (χ2n) is 5.60. The summed E-state index contributed by atoms with van der Waals surface area (Å²) < 4.78 is 11.3. The van der Waals surface area contributed by atoms with Gasteiger partial charge in [0.15, 0.2) is 0 Å². The number of aromatic nitrogens is 2. The predicted molar refractivity (Wildman–Crippen MR) is 72.5 cm³/mol. The van der Waals surface area contributed by atoms with Gasteiger partial charge < -0.3 is 15.0 Å². The molecule has 0 amide bonds. The van der Waals surface area contributed by atoms with Crippen LogP contribution < -0.4 is 5.73 Å². The summed E-state index contributed by atoms with van der Waals surface area (Å²) in [6, 6.07) is -0.180. The van der Waals surface area contributed by atoms with Crippen LogP contribution in [-0.2, 0) is 10.3 Å². The molecule has 0 spiro atoms. The van der Waals surface area contributed by atoms with E-state index >= 15 is 0 Å². The van der Waals surface area contributed by atoms with Crippen molar-refractivity contribution in [2.75, 3.05) is 6.61 Å². The Morgan fingerprint density at radius 2 is 2.32 bits per heavy atom. The Morgan fingerprint density at radius 3 is 2.95 bits per heavy atom. The highest BCUT2D eigenvalue weighted by molar-refractivity contribution is 5.05. The Labute approximate surface area is 114 Å². The number of nitrogens with two attached hydrogens (primary N) is 1. The second kappa shape index (κ2) is 6.01. The smallest absolute Gasteiger partial charge is 0.243 e. The molecule has 0 saturated heterocycles. The van der Waals surface area contributed by atoms with Crippen LogP contribution in [0.25, 0.3) is 0 Å². The maximum absolute atomic E-state index is 6.03. The maximum Gasteiger partial charge on any atom is 0.243 e. The Hall–Kier alpha value is -0.940. The molecule has 5 heteroatoms. The van der Waals surface area contributed by atoms with Crippen molar-refractivity contribution in [2.24, 2.45) is 11.7 Å². The lowest BCUT2D eigenvalue weighted by atomic mass is 9.78. The minimum absolute atomic E-state index is 0.180. The third-order valence-corrected chi connectivity index (χ3v) is 3.98. The fourth-order valence-electron chi connectivity index (χ4n) is 2.92. The monoisotopic (exact) mass is 267 g/mol. The van der Waals surface area contributed by atoms with Gasteiger partial charge in [-0.3, -0.25) is 0 Å². The molecule has 0 aliphatic heterocycles. The molecule has 2 unspecified atom stereocenters. The first-order chi connectivity index (χ1) is 9.11. The van der Waals surface area contributed by atoms with Crippen molar-refractivity contribution in [3.8, 4) is 0 Å². The van der Waals surface area contributed by atoms with Crippen LogP contribution in [0.15, 0.2) is 4.52 Å². The largest absolute Gasteiger partial charge is 0.367 e. The molecule has 1 heterocycles. The molecule has 1 aromatic heterocycles. The normalized spacial score (nSPS) is 29.4. The fraction of sp³-hybridized carbons (Fsp3) is 0.857. The summed E-state index contributed by atoms with van der Waals surface area (Å²) in [7, 11) is 0. The summed E-state index contributed by atoms with van der Waals surface area (Å²) in [5.41, 5.74) is 5.57. The van der Waals surface area contributed by atoms with Gasteiger partial charge in [-0.15, -0.1) is 0 Å². The number of hydrogen-bond acceptors (Lipinski definition) is 5. The van der Waals surface area contributed by atoms with E-state index in [2.05, 4.69) is 17.1 Å². The Balaban J connectivity index is 2.25. The fourth-order valence-corrected chi connectivity index (χ4v) is 2.92. The summed E-state index contributed by atoms with van der Waals surface area (Å²) >= 11 is 0. The van der Waals surface area contributed by atoms with Crippen molar-refractivity contribution >= 4 is 0 Å². The molecule has 0 aromatic carbocycles. The third kappa shape index (κ3) is 2.98. The van der Waals surface area contributed by atoms with Crippen molar-refractivity contribution < 1.29 is 9.26 Å². The van der Waals surface area contributed by atoms with Crippen LogP contribution in [0.3, 0.4) is 0 Å². The van der Waals surface area contributed by atoms with E-state index in [-0.39, 0.29) is 11.6 Å². The Morgan fingerprint density at radius 1 is 1.53 bits per heavy atom. The van der Waals surface area contributed by atoms with Gasteiger partial charge in [0.05, 0.1) is 6.04 Å². The van der Waals surface area contributed by atoms with Crippen molar-refractivity contribution in [1.82, 2.24) is 10.1 Å². The van der Waals surface area contributed by atoms with Crippen LogP contribution in [-0.4, -0.2) is 16.7 Å². The SMILES string of the molecule is CCOC1(c2noc([C@@H](N)CC)n2)CCCC(C)C1. The van der Waals surface area contributed by atoms with Crippen LogP contribution in [0, 0.1) is 5.92 Å². The summed E-state index contributed by atoms with van der Waals surface area (Å²) in [5.74, 6) is 1.83. The first-order valence-electron chi connectivity index (χ1n) is 7.35. The van der Waals surface area contributed by atoms with Crippen LogP contribution in [0.5, 0.6) is 0 Å². The lowest BCUT2D eigenvalue weighted by Crippen LogP contribution is -2.36. The van der Waals surface area contributed by atoms with Crippen LogP contribution in [0.1, 0.15) is 70.6 Å². The van der Waals surface area contributed by atoms with Crippen LogP contribution >= 0.6 is 0 Å². The first kappa shape index (κ1) is 14.5. The summed E-state index contributed by atoms with van der Waals surface area (Å²) in [5, 5.41) is 4.14. The molecule has 0 radical (unpaired) electrons. The molecule has 1 fully saturated rings. The topological polar surface area (TPSA) is 74.2 Å². The van der Waals surface area contributed by atoms with E-state index in [1.165, 1.54) is 6.42 Å². The summed E-state index contributed by atoms with van der Waals surface area (Å²) in [4.78, 5) is 4.50. The zero-order chi connectivity index (χ0) is 13.9. The van der Waals surface area contributed by atoms with Gasteiger partial charge in [0, 0.05) is 6.61 Å². The van der Waals surface area contributed by atoms with Gasteiger partial charge in [-0.05, 0) is 38.5 Å². The highest BCUT2D eigenvalue weighted by Crippen LogP contribution is 2.41. The van der Waals surface area contributed by atoms with Gasteiger partial charge in [0.2, 0.25) is 11.7 Å². The van der Waals surface area contributed by atoms with Gasteiger partial charge in [-0.25, -0.2) is 0 Å². The highest BCUT2D eigenvalue weighted by Gasteiger charge is 2.41. The maximum atomic E-state index is 6.03. The van der Waals surface area contributed by atoms with E-state index in [1.54, 1.807) is 0 Å². The molecule has 2 rings (SSSR count). The molecule has 1 aromatic rings. The van der Waals surface area contributed by atoms with E-state index in [9.17, 15) is 0 Å². The molecule has 19 heavy (non-hydrogen) atoms. The molecule has 2 N–H and O–H groups in total. The number of ether oxygens (including phenoxy) is 1. The van der Waals surface area contributed by atoms with Crippen LogP contribution in [0.4, 0.5) is 0 Å². The van der Waals surface area contributed by atoms with Gasteiger partial charge in [-0.2, -0.15) is 4.98 Å². The predicted octanol–water partition coefficient (Wildman–Crippen LogP) is 2.92. The molecule has 0 bridgehead atoms. The number of hydrogen-bond donors (Lipinski definition) is 1. The van der Waals surface area contributed by atoms with Crippen molar-refractivity contribution in [3.63, 3.8) is 0 Å². The van der Waals surface area contributed by atoms with Crippen molar-refractivity contribution in [2.45, 2.75) is 64.5 Å². The van der Waals surface area contributed by atoms with E-state index in [1.807, 2.05) is 13.8 Å². The number of nitrogens with zero attached hydrogens (tertiary/aromatic N) is 2. The lowest BCUT2D eigenvalue weighted by molar-refractivity contribution is -0.0891. The molecular weight excluding hydrogens is 242 g/mol. The Kier molecular flexibility index (Phi) is 4.58.